The summed E-state index contributed by atoms with van der Waals surface area (Å²) >= 11 is 15.9. The quantitative estimate of drug-likeness (QED) is 0.644. The molecule has 0 unspecified atom stereocenters. The van der Waals surface area contributed by atoms with Crippen LogP contribution in [0.3, 0.4) is 0 Å². The second kappa shape index (κ2) is 4.11. The molecule has 3 nitrogen and oxygen atoms in total. The Labute approximate surface area is 73.6 Å². The lowest BCUT2D eigenvalue weighted by Crippen LogP contribution is -2.27. The van der Waals surface area contributed by atoms with Crippen LogP contribution >= 0.6 is 34.8 Å². The number of nitrogens with zero attached hydrogens (tertiary/aromatic N) is 1. The van der Waals surface area contributed by atoms with Gasteiger partial charge in [-0.1, -0.05) is 23.2 Å². The Morgan fingerprint density at radius 3 is 2.50 bits per heavy atom. The molecule has 0 aromatic carbocycles. The van der Waals surface area contributed by atoms with E-state index in [1.807, 2.05) is 0 Å². The highest BCUT2D eigenvalue weighted by atomic mass is 35.5. The summed E-state index contributed by atoms with van der Waals surface area (Å²) in [4.78, 5) is 10.4. The van der Waals surface area contributed by atoms with Gasteiger partial charge in [-0.25, -0.2) is 10.1 Å². The highest BCUT2D eigenvalue weighted by molar-refractivity contribution is 6.50. The maximum absolute atomic E-state index is 10.4. The lowest BCUT2D eigenvalue weighted by Gasteiger charge is -2.14. The van der Waals surface area contributed by atoms with Gasteiger partial charge in [0.2, 0.25) is 0 Å². The molecule has 0 rings (SSSR count). The first-order valence-electron chi connectivity index (χ1n) is 2.28. The van der Waals surface area contributed by atoms with Crippen LogP contribution in [-0.2, 0) is 4.74 Å². The van der Waals surface area contributed by atoms with Crippen LogP contribution in [0, 0.1) is 0 Å². The van der Waals surface area contributed by atoms with Crippen LogP contribution in [0.1, 0.15) is 0 Å². The van der Waals surface area contributed by atoms with Gasteiger partial charge < -0.3 is 4.74 Å². The number of amides is 1. The van der Waals surface area contributed by atoms with Gasteiger partial charge in [0.25, 0.3) is 4.52 Å². The number of alkyl halides is 3. The minimum atomic E-state index is -1.67. The zero-order valence-corrected chi connectivity index (χ0v) is 7.37. The first-order chi connectivity index (χ1) is 4.52. The van der Waals surface area contributed by atoms with Crippen molar-refractivity contribution in [3.8, 4) is 0 Å². The van der Waals surface area contributed by atoms with Gasteiger partial charge in [0.05, 0.1) is 5.88 Å². The van der Waals surface area contributed by atoms with Gasteiger partial charge in [-0.3, -0.25) is 0 Å². The van der Waals surface area contributed by atoms with Gasteiger partial charge >= 0.3 is 6.09 Å². The average molecular weight is 205 g/mol. The average Bonchev–Trinajstić information content (AvgIpc) is 1.87. The van der Waals surface area contributed by atoms with Crippen LogP contribution in [0.25, 0.3) is 0 Å². The largest absolute Gasteiger partial charge is 0.431 e. The molecule has 59 valence electrons. The maximum atomic E-state index is 10.4. The molecule has 1 amide bonds. The topological polar surface area (TPSA) is 40.4 Å². The monoisotopic (exact) mass is 204 g/mol. The zero-order chi connectivity index (χ0) is 8.20. The molecule has 0 heterocycles. The Morgan fingerprint density at radius 1 is 1.70 bits per heavy atom. The molecule has 0 aromatic rings. The summed E-state index contributed by atoms with van der Waals surface area (Å²) in [5.41, 5.74) is 0. The van der Waals surface area contributed by atoms with Gasteiger partial charge in [0.15, 0.2) is 0 Å². The van der Waals surface area contributed by atoms with Crippen molar-refractivity contribution < 1.29 is 9.53 Å². The Bertz CT molecular complexity index is 128. The molecule has 0 aliphatic carbocycles. The van der Waals surface area contributed by atoms with Crippen LogP contribution in [0.15, 0.2) is 0 Å². The van der Waals surface area contributed by atoms with E-state index in [0.29, 0.717) is 0 Å². The number of hydrogen-bond acceptors (Lipinski definition) is 2. The highest BCUT2D eigenvalue weighted by Crippen LogP contribution is 2.23. The zero-order valence-electron chi connectivity index (χ0n) is 5.10. The number of carbonyl (C=O) groups excluding carboxylic acids is 1. The smallest absolute Gasteiger partial charge is 0.410 e. The van der Waals surface area contributed by atoms with E-state index in [0.717, 1.165) is 0 Å². The normalized spacial score (nSPS) is 10.8. The van der Waals surface area contributed by atoms with E-state index in [2.05, 4.69) is 10.1 Å². The van der Waals surface area contributed by atoms with E-state index in [1.165, 1.54) is 7.05 Å². The standard InChI is InChI=1S/C4H5Cl3NO2/c1-8-3(9)10-4(6,7)2-5/h2H2,1H3. The molecule has 0 bridgehead atoms. The third-order valence-electron chi connectivity index (χ3n) is 0.575. The van der Waals surface area contributed by atoms with Crippen molar-refractivity contribution in [2.45, 2.75) is 4.52 Å². The molecule has 0 N–H and O–H groups in total. The Morgan fingerprint density at radius 2 is 2.20 bits per heavy atom. The number of rotatable bonds is 2. The predicted octanol–water partition coefficient (Wildman–Crippen LogP) is 1.73. The molecule has 10 heavy (non-hydrogen) atoms. The third kappa shape index (κ3) is 4.04. The van der Waals surface area contributed by atoms with Gasteiger partial charge in [0, 0.05) is 7.05 Å². The number of carbonyl (C=O) groups is 1. The van der Waals surface area contributed by atoms with E-state index in [-0.39, 0.29) is 5.88 Å². The molecular weight excluding hydrogens is 200 g/mol. The SMILES string of the molecule is C[N]C(=O)OC(Cl)(Cl)CCl. The minimum Gasteiger partial charge on any atom is -0.410 e. The molecule has 0 atom stereocenters. The van der Waals surface area contributed by atoms with E-state index in [9.17, 15) is 4.79 Å². The molecular formula is C4H5Cl3NO2. The lowest BCUT2D eigenvalue weighted by atomic mass is 10.8. The second-order valence-electron chi connectivity index (χ2n) is 1.36. The van der Waals surface area contributed by atoms with Crippen LogP contribution in [0.4, 0.5) is 4.79 Å². The van der Waals surface area contributed by atoms with Crippen LogP contribution in [0.5, 0.6) is 0 Å². The molecule has 0 aliphatic heterocycles. The van der Waals surface area contributed by atoms with Crippen LogP contribution < -0.4 is 5.32 Å². The Hall–Kier alpha value is 0.140. The van der Waals surface area contributed by atoms with Crippen molar-refractivity contribution in [2.75, 3.05) is 12.9 Å². The molecule has 0 fully saturated rings. The predicted molar refractivity (Wildman–Crippen MR) is 39.7 cm³/mol. The Kier molecular flexibility index (Phi) is 4.17. The van der Waals surface area contributed by atoms with E-state index < -0.39 is 10.6 Å². The summed E-state index contributed by atoms with van der Waals surface area (Å²) in [7, 11) is 1.26. The van der Waals surface area contributed by atoms with Crippen molar-refractivity contribution >= 4 is 40.9 Å². The van der Waals surface area contributed by atoms with Crippen LogP contribution in [-0.4, -0.2) is 23.5 Å². The van der Waals surface area contributed by atoms with Crippen molar-refractivity contribution in [1.82, 2.24) is 5.32 Å². The fourth-order valence-corrected chi connectivity index (χ4v) is 0.387. The van der Waals surface area contributed by atoms with Crippen molar-refractivity contribution in [3.05, 3.63) is 0 Å². The molecule has 0 aromatic heterocycles. The summed E-state index contributed by atoms with van der Waals surface area (Å²) in [5.74, 6) is -0.197. The molecule has 0 aliphatic rings. The van der Waals surface area contributed by atoms with Crippen molar-refractivity contribution in [2.24, 2.45) is 0 Å². The maximum Gasteiger partial charge on any atom is 0.431 e. The van der Waals surface area contributed by atoms with E-state index in [4.69, 9.17) is 34.8 Å². The summed E-state index contributed by atoms with van der Waals surface area (Å²) < 4.78 is 2.66. The fourth-order valence-electron chi connectivity index (χ4n) is 0.201. The molecule has 1 radical (unpaired) electrons. The first-order valence-corrected chi connectivity index (χ1v) is 3.57. The molecule has 0 saturated heterocycles. The summed E-state index contributed by atoms with van der Waals surface area (Å²) in [5, 5.41) is 3.13. The van der Waals surface area contributed by atoms with E-state index in [1.54, 1.807) is 0 Å². The Balaban J connectivity index is 3.76. The lowest BCUT2D eigenvalue weighted by molar-refractivity contribution is 0.126. The fraction of sp³-hybridized carbons (Fsp3) is 0.750. The summed E-state index contributed by atoms with van der Waals surface area (Å²) in [6.45, 7) is 0. The molecule has 0 spiro atoms. The number of halogens is 3. The summed E-state index contributed by atoms with van der Waals surface area (Å²) in [6, 6.07) is 0. The highest BCUT2D eigenvalue weighted by Gasteiger charge is 2.27. The van der Waals surface area contributed by atoms with Gasteiger partial charge in [0.1, 0.15) is 0 Å². The van der Waals surface area contributed by atoms with Gasteiger partial charge in [-0.15, -0.1) is 11.6 Å². The third-order valence-corrected chi connectivity index (χ3v) is 1.65. The van der Waals surface area contributed by atoms with E-state index >= 15 is 0 Å². The van der Waals surface area contributed by atoms with Gasteiger partial charge in [-0.2, -0.15) is 0 Å². The van der Waals surface area contributed by atoms with Crippen molar-refractivity contribution in [1.29, 1.82) is 0 Å². The van der Waals surface area contributed by atoms with Gasteiger partial charge in [-0.05, 0) is 0 Å². The first kappa shape index (κ1) is 10.1. The molecule has 6 heteroatoms. The number of hydrogen-bond donors (Lipinski definition) is 0. The van der Waals surface area contributed by atoms with Crippen molar-refractivity contribution in [3.63, 3.8) is 0 Å². The minimum absolute atomic E-state index is 0.197. The molecule has 0 saturated carbocycles. The second-order valence-corrected chi connectivity index (χ2v) is 3.04. The summed E-state index contributed by atoms with van der Waals surface area (Å²) in [6.07, 6.45) is -0.842. The number of ether oxygens (including phenoxy) is 1. The van der Waals surface area contributed by atoms with Crippen LogP contribution in [0.2, 0.25) is 0 Å².